The zero-order valence-corrected chi connectivity index (χ0v) is 16.1. The van der Waals surface area contributed by atoms with E-state index in [4.69, 9.17) is 11.6 Å². The highest BCUT2D eigenvalue weighted by atomic mass is 35.5. The molecule has 2 aromatic carbocycles. The van der Waals surface area contributed by atoms with Crippen molar-refractivity contribution in [3.05, 3.63) is 88.5 Å². The summed E-state index contributed by atoms with van der Waals surface area (Å²) in [6.45, 7) is 2.37. The van der Waals surface area contributed by atoms with E-state index in [2.05, 4.69) is 4.98 Å². The zero-order chi connectivity index (χ0) is 20.1. The van der Waals surface area contributed by atoms with Crippen molar-refractivity contribution < 1.29 is 14.7 Å². The lowest BCUT2D eigenvalue weighted by atomic mass is 9.99. The number of hydrogen-bond acceptors (Lipinski definition) is 3. The maximum absolute atomic E-state index is 11.4. The zero-order valence-electron chi connectivity index (χ0n) is 15.3. The number of aromatic carboxylic acids is 1. The van der Waals surface area contributed by atoms with Crippen LogP contribution in [0.25, 0.3) is 11.1 Å². The van der Waals surface area contributed by atoms with Crippen LogP contribution >= 0.6 is 11.6 Å². The maximum atomic E-state index is 11.4. The van der Waals surface area contributed by atoms with Gasteiger partial charge in [-0.3, -0.25) is 4.79 Å². The third-order valence-electron chi connectivity index (χ3n) is 4.45. The van der Waals surface area contributed by atoms with Crippen molar-refractivity contribution in [1.82, 2.24) is 9.55 Å². The van der Waals surface area contributed by atoms with Crippen LogP contribution in [0.3, 0.4) is 0 Å². The smallest absolute Gasteiger partial charge is 0.336 e. The average molecular weight is 395 g/mol. The fourth-order valence-electron chi connectivity index (χ4n) is 3.04. The highest BCUT2D eigenvalue weighted by Gasteiger charge is 2.15. The Morgan fingerprint density at radius 1 is 1.18 bits per heavy atom. The molecule has 0 bridgehead atoms. The summed E-state index contributed by atoms with van der Waals surface area (Å²) in [6.07, 6.45) is 5.16. The summed E-state index contributed by atoms with van der Waals surface area (Å²) in [7, 11) is 0. The first kappa shape index (κ1) is 19.6. The predicted octanol–water partition coefficient (Wildman–Crippen LogP) is 4.88. The number of hydrogen-bond donors (Lipinski definition) is 1. The third-order valence-corrected chi connectivity index (χ3v) is 4.73. The third kappa shape index (κ3) is 4.05. The highest BCUT2D eigenvalue weighted by Crippen LogP contribution is 2.25. The number of imidazole rings is 1. The van der Waals surface area contributed by atoms with Gasteiger partial charge in [0.1, 0.15) is 11.5 Å². The Kier molecular flexibility index (Phi) is 6.06. The highest BCUT2D eigenvalue weighted by molar-refractivity contribution is 6.31. The van der Waals surface area contributed by atoms with Crippen molar-refractivity contribution in [1.29, 1.82) is 0 Å². The standard InChI is InChI=1S/C22H19ClN2O3/c1-2-3-8-20-24-21(23)19(14-26)25(20)13-15-9-11-16(12-10-15)17-6-4-5-7-18(17)22(27)28/h2-7,9-12,14H,8,13H2,1H3,(H,27,28)/b3-2+. The molecule has 0 saturated heterocycles. The molecule has 3 aromatic rings. The first-order chi connectivity index (χ1) is 13.5. The number of allylic oxidation sites excluding steroid dienone is 2. The molecule has 0 radical (unpaired) electrons. The van der Waals surface area contributed by atoms with E-state index in [1.54, 1.807) is 22.8 Å². The fraction of sp³-hybridized carbons (Fsp3) is 0.136. The number of nitrogens with zero attached hydrogens (tertiary/aromatic N) is 2. The number of rotatable bonds is 7. The number of aldehydes is 1. The van der Waals surface area contributed by atoms with Gasteiger partial charge in [-0.15, -0.1) is 0 Å². The van der Waals surface area contributed by atoms with Crippen LogP contribution in [0.15, 0.2) is 60.7 Å². The molecule has 0 spiro atoms. The van der Waals surface area contributed by atoms with Gasteiger partial charge in [0.15, 0.2) is 11.4 Å². The minimum atomic E-state index is -0.961. The number of aromatic nitrogens is 2. The minimum Gasteiger partial charge on any atom is -0.478 e. The molecule has 0 atom stereocenters. The summed E-state index contributed by atoms with van der Waals surface area (Å²) in [6, 6.07) is 14.5. The Morgan fingerprint density at radius 2 is 1.89 bits per heavy atom. The lowest BCUT2D eigenvalue weighted by molar-refractivity contribution is 0.0697. The molecular weight excluding hydrogens is 376 g/mol. The van der Waals surface area contributed by atoms with Crippen molar-refractivity contribution in [3.63, 3.8) is 0 Å². The van der Waals surface area contributed by atoms with Gasteiger partial charge in [-0.2, -0.15) is 0 Å². The molecule has 0 unspecified atom stereocenters. The van der Waals surface area contributed by atoms with E-state index in [-0.39, 0.29) is 10.7 Å². The van der Waals surface area contributed by atoms with Crippen LogP contribution in [0.1, 0.15) is 39.2 Å². The van der Waals surface area contributed by atoms with Crippen LogP contribution in [0.2, 0.25) is 5.15 Å². The van der Waals surface area contributed by atoms with Crippen molar-refractivity contribution >= 4 is 23.9 Å². The van der Waals surface area contributed by atoms with E-state index in [0.29, 0.717) is 36.3 Å². The van der Waals surface area contributed by atoms with Gasteiger partial charge in [-0.25, -0.2) is 9.78 Å². The average Bonchev–Trinajstić information content (AvgIpc) is 3.01. The Bertz CT molecular complexity index is 1040. The van der Waals surface area contributed by atoms with Gasteiger partial charge < -0.3 is 9.67 Å². The van der Waals surface area contributed by atoms with Gasteiger partial charge in [0.25, 0.3) is 0 Å². The molecule has 1 aromatic heterocycles. The number of carboxylic acid groups (broad SMARTS) is 1. The van der Waals surface area contributed by atoms with Gasteiger partial charge in [-0.1, -0.05) is 66.2 Å². The Morgan fingerprint density at radius 3 is 2.54 bits per heavy atom. The Labute approximate surface area is 167 Å². The first-order valence-electron chi connectivity index (χ1n) is 8.78. The summed E-state index contributed by atoms with van der Waals surface area (Å²) in [5, 5.41) is 9.57. The first-order valence-corrected chi connectivity index (χ1v) is 9.15. The molecule has 0 aliphatic rings. The number of benzene rings is 2. The number of carbonyl (C=O) groups is 2. The van der Waals surface area contributed by atoms with Gasteiger partial charge in [0.05, 0.1) is 5.56 Å². The molecule has 0 saturated carbocycles. The van der Waals surface area contributed by atoms with Gasteiger partial charge in [0.2, 0.25) is 0 Å². The summed E-state index contributed by atoms with van der Waals surface area (Å²) in [5.74, 6) is -0.248. The van der Waals surface area contributed by atoms with E-state index in [9.17, 15) is 14.7 Å². The van der Waals surface area contributed by atoms with Crippen LogP contribution in [0.4, 0.5) is 0 Å². The Balaban J connectivity index is 1.92. The lowest BCUT2D eigenvalue weighted by Crippen LogP contribution is -2.08. The number of halogens is 1. The predicted molar refractivity (Wildman–Crippen MR) is 109 cm³/mol. The van der Waals surface area contributed by atoms with Gasteiger partial charge in [0, 0.05) is 13.0 Å². The van der Waals surface area contributed by atoms with E-state index < -0.39 is 5.97 Å². The molecule has 0 amide bonds. The SMILES string of the molecule is C/C=C/Cc1nc(Cl)c(C=O)n1Cc1ccc(-c2ccccc2C(=O)O)cc1. The molecule has 0 aliphatic heterocycles. The van der Waals surface area contributed by atoms with Crippen molar-refractivity contribution in [2.75, 3.05) is 0 Å². The normalized spacial score (nSPS) is 11.1. The molecule has 3 rings (SSSR count). The second-order valence-electron chi connectivity index (χ2n) is 6.23. The number of carbonyl (C=O) groups excluding carboxylic acids is 1. The monoisotopic (exact) mass is 394 g/mol. The minimum absolute atomic E-state index is 0.196. The number of carboxylic acids is 1. The fourth-order valence-corrected chi connectivity index (χ4v) is 3.29. The molecule has 1 heterocycles. The van der Waals surface area contributed by atoms with Crippen LogP contribution < -0.4 is 0 Å². The second-order valence-corrected chi connectivity index (χ2v) is 6.59. The molecule has 142 valence electrons. The molecule has 6 heteroatoms. The van der Waals surface area contributed by atoms with Crippen molar-refractivity contribution in [2.24, 2.45) is 0 Å². The van der Waals surface area contributed by atoms with Crippen molar-refractivity contribution in [2.45, 2.75) is 19.9 Å². The van der Waals surface area contributed by atoms with Crippen molar-refractivity contribution in [3.8, 4) is 11.1 Å². The molecule has 1 N–H and O–H groups in total. The summed E-state index contributed by atoms with van der Waals surface area (Å²) in [4.78, 5) is 27.2. The van der Waals surface area contributed by atoms with Crippen LogP contribution in [0, 0.1) is 0 Å². The Hall–Kier alpha value is -3.18. The van der Waals surface area contributed by atoms with E-state index in [0.717, 1.165) is 11.1 Å². The second kappa shape index (κ2) is 8.67. The summed E-state index contributed by atoms with van der Waals surface area (Å²) < 4.78 is 1.80. The quantitative estimate of drug-likeness (QED) is 0.458. The molecule has 0 aliphatic carbocycles. The van der Waals surface area contributed by atoms with Gasteiger partial charge in [-0.05, 0) is 29.7 Å². The molecular formula is C22H19ClN2O3. The topological polar surface area (TPSA) is 72.2 Å². The van der Waals surface area contributed by atoms with Crippen LogP contribution in [-0.2, 0) is 13.0 Å². The summed E-state index contributed by atoms with van der Waals surface area (Å²) >= 11 is 6.10. The van der Waals surface area contributed by atoms with Crippen LogP contribution in [0.5, 0.6) is 0 Å². The molecule has 28 heavy (non-hydrogen) atoms. The summed E-state index contributed by atoms with van der Waals surface area (Å²) in [5.41, 5.74) is 3.04. The maximum Gasteiger partial charge on any atom is 0.336 e. The molecule has 0 fully saturated rings. The van der Waals surface area contributed by atoms with E-state index >= 15 is 0 Å². The van der Waals surface area contributed by atoms with E-state index in [1.807, 2.05) is 49.4 Å². The lowest BCUT2D eigenvalue weighted by Gasteiger charge is -2.11. The van der Waals surface area contributed by atoms with E-state index in [1.165, 1.54) is 0 Å². The van der Waals surface area contributed by atoms with Crippen LogP contribution in [-0.4, -0.2) is 26.9 Å². The molecule has 5 nitrogen and oxygen atoms in total. The largest absolute Gasteiger partial charge is 0.478 e. The van der Waals surface area contributed by atoms with Gasteiger partial charge >= 0.3 is 5.97 Å².